The summed E-state index contributed by atoms with van der Waals surface area (Å²) in [6.07, 6.45) is 6.69. The van der Waals surface area contributed by atoms with Gasteiger partial charge in [0.2, 0.25) is 5.95 Å². The maximum atomic E-state index is 10.9. The topological polar surface area (TPSA) is 104 Å². The maximum Gasteiger partial charge on any atom is 0.404 e. The smallest absolute Gasteiger partial charge is 0.404 e. The van der Waals surface area contributed by atoms with E-state index < -0.39 is 6.09 Å². The Bertz CT molecular complexity index is 696. The third-order valence-corrected chi connectivity index (χ3v) is 7.16. The Morgan fingerprint density at radius 2 is 1.85 bits per heavy atom. The van der Waals surface area contributed by atoms with Gasteiger partial charge in [0.05, 0.1) is 11.7 Å². The molecule has 4 aliphatic carbocycles. The van der Waals surface area contributed by atoms with E-state index in [0.717, 1.165) is 48.1 Å². The summed E-state index contributed by atoms with van der Waals surface area (Å²) < 4.78 is 0. The van der Waals surface area contributed by atoms with E-state index in [2.05, 4.69) is 26.3 Å². The molecule has 1 aromatic rings. The van der Waals surface area contributed by atoms with E-state index in [-0.39, 0.29) is 6.04 Å². The van der Waals surface area contributed by atoms with Crippen LogP contribution in [0.1, 0.15) is 50.1 Å². The molecule has 26 heavy (non-hydrogen) atoms. The van der Waals surface area contributed by atoms with Crippen LogP contribution in [0.5, 0.6) is 0 Å². The summed E-state index contributed by atoms with van der Waals surface area (Å²) in [5, 5.41) is 11.5. The Balaban J connectivity index is 1.39. The van der Waals surface area contributed by atoms with Crippen LogP contribution in [0.2, 0.25) is 0 Å². The van der Waals surface area contributed by atoms with Crippen molar-refractivity contribution in [3.8, 4) is 0 Å². The zero-order valence-corrected chi connectivity index (χ0v) is 15.0. The first-order chi connectivity index (χ1) is 12.5. The number of hydrogen-bond acceptors (Lipinski definition) is 5. The highest BCUT2D eigenvalue weighted by molar-refractivity contribution is 5.65. The lowest BCUT2D eigenvalue weighted by Crippen LogP contribution is -2.44. The SMILES string of the molecule is Nc1nc(C2C3CC4CC(C3)CC2C4)cc(N2CCC(NC(=O)O)C2)n1. The Kier molecular flexibility index (Phi) is 3.72. The molecule has 4 bridgehead atoms. The van der Waals surface area contributed by atoms with Crippen LogP contribution in [-0.4, -0.2) is 40.3 Å². The highest BCUT2D eigenvalue weighted by Crippen LogP contribution is 2.59. The molecule has 0 spiro atoms. The molecule has 7 nitrogen and oxygen atoms in total. The summed E-state index contributed by atoms with van der Waals surface area (Å²) >= 11 is 0. The summed E-state index contributed by atoms with van der Waals surface area (Å²) in [6, 6.07) is 2.08. The van der Waals surface area contributed by atoms with Crippen LogP contribution in [-0.2, 0) is 0 Å². The number of nitrogen functional groups attached to an aromatic ring is 1. The third kappa shape index (κ3) is 2.77. The van der Waals surface area contributed by atoms with Crippen molar-refractivity contribution in [2.75, 3.05) is 23.7 Å². The highest BCUT2D eigenvalue weighted by Gasteiger charge is 2.49. The summed E-state index contributed by atoms with van der Waals surface area (Å²) in [5.41, 5.74) is 7.20. The Hall–Kier alpha value is -2.05. The van der Waals surface area contributed by atoms with E-state index in [1.807, 2.05) is 0 Å². The summed E-state index contributed by atoms with van der Waals surface area (Å²) in [7, 11) is 0. The van der Waals surface area contributed by atoms with Crippen LogP contribution in [0.25, 0.3) is 0 Å². The van der Waals surface area contributed by atoms with Gasteiger partial charge in [0, 0.05) is 25.1 Å². The Morgan fingerprint density at radius 1 is 1.15 bits per heavy atom. The molecular formula is C19H27N5O2. The molecule has 140 valence electrons. The molecule has 6 rings (SSSR count). The molecule has 0 aromatic carbocycles. The Labute approximate surface area is 153 Å². The minimum atomic E-state index is -0.965. The average Bonchev–Trinajstić information content (AvgIpc) is 3.01. The second-order valence-corrected chi connectivity index (χ2v) is 8.85. The molecular weight excluding hydrogens is 330 g/mol. The van der Waals surface area contributed by atoms with Crippen molar-refractivity contribution < 1.29 is 9.90 Å². The van der Waals surface area contributed by atoms with E-state index in [4.69, 9.17) is 10.8 Å². The van der Waals surface area contributed by atoms with E-state index in [1.165, 1.54) is 32.1 Å². The normalized spacial score (nSPS) is 37.9. The van der Waals surface area contributed by atoms with E-state index in [0.29, 0.717) is 18.4 Å². The standard InChI is InChI=1S/C19H27N5O2/c20-18-22-15(17-12-4-10-3-11(6-12)7-13(17)5-10)8-16(23-18)24-2-1-14(9-24)21-19(25)26/h8,10-14,17,21H,1-7,9H2,(H,25,26)(H2,20,22,23). The molecule has 1 aliphatic heterocycles. The molecule has 1 unspecified atom stereocenters. The van der Waals surface area contributed by atoms with Crippen molar-refractivity contribution in [2.45, 2.75) is 50.5 Å². The van der Waals surface area contributed by atoms with Crippen LogP contribution in [0.15, 0.2) is 6.07 Å². The van der Waals surface area contributed by atoms with Crippen LogP contribution in [0.4, 0.5) is 16.6 Å². The first-order valence-electron chi connectivity index (χ1n) is 9.94. The third-order valence-electron chi connectivity index (χ3n) is 7.16. The van der Waals surface area contributed by atoms with Crippen molar-refractivity contribution in [1.29, 1.82) is 0 Å². The minimum absolute atomic E-state index is 0.0479. The first-order valence-corrected chi connectivity index (χ1v) is 9.94. The molecule has 5 fully saturated rings. The second kappa shape index (κ2) is 5.99. The molecule has 2 heterocycles. The van der Waals surface area contributed by atoms with Crippen molar-refractivity contribution in [3.05, 3.63) is 11.8 Å². The van der Waals surface area contributed by atoms with E-state index in [9.17, 15) is 4.79 Å². The Morgan fingerprint density at radius 3 is 2.50 bits per heavy atom. The number of rotatable bonds is 3. The van der Waals surface area contributed by atoms with Gasteiger partial charge in [-0.1, -0.05) is 0 Å². The molecule has 1 saturated heterocycles. The van der Waals surface area contributed by atoms with Crippen molar-refractivity contribution >= 4 is 17.9 Å². The number of carboxylic acid groups (broad SMARTS) is 1. The predicted octanol–water partition coefficient (Wildman–Crippen LogP) is 2.44. The zero-order chi connectivity index (χ0) is 17.8. The number of nitrogens with one attached hydrogen (secondary N) is 1. The average molecular weight is 357 g/mol. The van der Waals surface area contributed by atoms with Gasteiger partial charge in [0.15, 0.2) is 0 Å². The van der Waals surface area contributed by atoms with Gasteiger partial charge in [0.25, 0.3) is 0 Å². The minimum Gasteiger partial charge on any atom is -0.465 e. The van der Waals surface area contributed by atoms with Gasteiger partial charge in [-0.15, -0.1) is 0 Å². The number of carbonyl (C=O) groups is 1. The molecule has 4 N–H and O–H groups in total. The van der Waals surface area contributed by atoms with Crippen LogP contribution in [0, 0.1) is 23.7 Å². The first kappa shape index (κ1) is 16.1. The maximum absolute atomic E-state index is 10.9. The monoisotopic (exact) mass is 357 g/mol. The number of amides is 1. The molecule has 0 radical (unpaired) electrons. The number of anilines is 2. The number of aromatic nitrogens is 2. The van der Waals surface area contributed by atoms with Gasteiger partial charge >= 0.3 is 6.09 Å². The van der Waals surface area contributed by atoms with Crippen molar-refractivity contribution in [2.24, 2.45) is 23.7 Å². The fourth-order valence-electron chi connectivity index (χ4n) is 6.47. The van der Waals surface area contributed by atoms with E-state index >= 15 is 0 Å². The lowest BCUT2D eigenvalue weighted by molar-refractivity contribution is -0.00412. The summed E-state index contributed by atoms with van der Waals surface area (Å²) in [6.45, 7) is 1.44. The van der Waals surface area contributed by atoms with Gasteiger partial charge in [-0.3, -0.25) is 0 Å². The molecule has 7 heteroatoms. The largest absolute Gasteiger partial charge is 0.465 e. The molecule has 1 aromatic heterocycles. The van der Waals surface area contributed by atoms with Crippen molar-refractivity contribution in [1.82, 2.24) is 15.3 Å². The molecule has 4 saturated carbocycles. The summed E-state index contributed by atoms with van der Waals surface area (Å²) in [5.74, 6) is 5.13. The van der Waals surface area contributed by atoms with Gasteiger partial charge in [-0.25, -0.2) is 9.78 Å². The lowest BCUT2D eigenvalue weighted by atomic mass is 9.51. The molecule has 1 atom stereocenters. The second-order valence-electron chi connectivity index (χ2n) is 8.85. The number of nitrogens with zero attached hydrogens (tertiary/aromatic N) is 3. The highest BCUT2D eigenvalue weighted by atomic mass is 16.4. The zero-order valence-electron chi connectivity index (χ0n) is 15.0. The van der Waals surface area contributed by atoms with Gasteiger partial charge in [-0.2, -0.15) is 4.98 Å². The van der Waals surface area contributed by atoms with Crippen LogP contribution >= 0.6 is 0 Å². The van der Waals surface area contributed by atoms with Gasteiger partial charge in [0.1, 0.15) is 5.82 Å². The predicted molar refractivity (Wildman–Crippen MR) is 98.0 cm³/mol. The number of nitrogens with two attached hydrogens (primary N) is 1. The number of hydrogen-bond donors (Lipinski definition) is 3. The quantitative estimate of drug-likeness (QED) is 0.767. The molecule has 1 amide bonds. The fraction of sp³-hybridized carbons (Fsp3) is 0.737. The van der Waals surface area contributed by atoms with Gasteiger partial charge < -0.3 is 21.1 Å². The van der Waals surface area contributed by atoms with Crippen molar-refractivity contribution in [3.63, 3.8) is 0 Å². The summed E-state index contributed by atoms with van der Waals surface area (Å²) in [4.78, 5) is 22.1. The lowest BCUT2D eigenvalue weighted by Gasteiger charge is -2.54. The van der Waals surface area contributed by atoms with Crippen LogP contribution in [0.3, 0.4) is 0 Å². The van der Waals surface area contributed by atoms with Gasteiger partial charge in [-0.05, 0) is 62.2 Å². The van der Waals surface area contributed by atoms with E-state index in [1.54, 1.807) is 0 Å². The molecule has 5 aliphatic rings. The fourth-order valence-corrected chi connectivity index (χ4v) is 6.47. The van der Waals surface area contributed by atoms with Crippen LogP contribution < -0.4 is 16.0 Å².